The minimum absolute atomic E-state index is 0.0641. The highest BCUT2D eigenvalue weighted by Crippen LogP contribution is 2.30. The molecule has 6 nitrogen and oxygen atoms in total. The fourth-order valence-electron chi connectivity index (χ4n) is 2.93. The van der Waals surface area contributed by atoms with Crippen LogP contribution in [0.1, 0.15) is 31.2 Å². The van der Waals surface area contributed by atoms with Gasteiger partial charge in [0.15, 0.2) is 0 Å². The monoisotopic (exact) mass is 279 g/mol. The first-order valence-electron chi connectivity index (χ1n) is 6.83. The molecule has 0 unspecified atom stereocenters. The van der Waals surface area contributed by atoms with Crippen molar-refractivity contribution < 1.29 is 10.0 Å². The first kappa shape index (κ1) is 14.7. The number of nitro groups is 1. The Morgan fingerprint density at radius 3 is 2.65 bits per heavy atom. The average Bonchev–Trinajstić information content (AvgIpc) is 2.74. The van der Waals surface area contributed by atoms with Gasteiger partial charge in [-0.25, -0.2) is 0 Å². The van der Waals surface area contributed by atoms with Gasteiger partial charge in [-0.05, 0) is 31.5 Å². The zero-order chi connectivity index (χ0) is 14.8. The summed E-state index contributed by atoms with van der Waals surface area (Å²) in [5, 5.41) is 21.1. The molecule has 0 saturated heterocycles. The predicted octanol–water partition coefficient (Wildman–Crippen LogP) is 1.91. The molecule has 1 saturated carbocycles. The van der Waals surface area contributed by atoms with E-state index in [9.17, 15) is 15.2 Å². The highest BCUT2D eigenvalue weighted by atomic mass is 16.6. The van der Waals surface area contributed by atoms with Crippen molar-refractivity contribution in [3.63, 3.8) is 0 Å². The van der Waals surface area contributed by atoms with Crippen LogP contribution >= 0.6 is 0 Å². The van der Waals surface area contributed by atoms with Crippen LogP contribution in [0.5, 0.6) is 0 Å². The van der Waals surface area contributed by atoms with Crippen LogP contribution in [0.3, 0.4) is 0 Å². The molecule has 110 valence electrons. The van der Waals surface area contributed by atoms with Crippen LogP contribution in [0.25, 0.3) is 0 Å². The first-order chi connectivity index (χ1) is 9.39. The van der Waals surface area contributed by atoms with Crippen LogP contribution in [0.4, 0.5) is 11.4 Å². The van der Waals surface area contributed by atoms with Gasteiger partial charge in [-0.1, -0.05) is 18.9 Å². The molecule has 6 heteroatoms. The van der Waals surface area contributed by atoms with E-state index < -0.39 is 10.5 Å². The molecule has 1 aliphatic carbocycles. The topological polar surface area (TPSA) is 92.6 Å². The average molecular weight is 279 g/mol. The van der Waals surface area contributed by atoms with Gasteiger partial charge >= 0.3 is 0 Å². The van der Waals surface area contributed by atoms with Crippen LogP contribution in [-0.4, -0.2) is 34.1 Å². The number of benzene rings is 1. The second-order valence-corrected chi connectivity index (χ2v) is 5.75. The molecule has 3 N–H and O–H groups in total. The lowest BCUT2D eigenvalue weighted by Gasteiger charge is -2.28. The van der Waals surface area contributed by atoms with Crippen molar-refractivity contribution in [3.05, 3.63) is 33.9 Å². The lowest BCUT2D eigenvalue weighted by molar-refractivity contribution is -0.383. The molecular formula is C14H21N3O3. The minimum Gasteiger partial charge on any atom is -0.393 e. The quantitative estimate of drug-likeness (QED) is 0.488. The number of likely N-dealkylation sites (N-methyl/N-ethyl adjacent to an activating group) is 1. The Kier molecular flexibility index (Phi) is 4.25. The molecule has 0 aliphatic heterocycles. The zero-order valence-electron chi connectivity index (χ0n) is 11.7. The van der Waals surface area contributed by atoms with Gasteiger partial charge in [0.05, 0.1) is 10.5 Å². The lowest BCUT2D eigenvalue weighted by Crippen LogP contribution is -2.38. The van der Waals surface area contributed by atoms with Crippen molar-refractivity contribution >= 4 is 11.4 Å². The summed E-state index contributed by atoms with van der Waals surface area (Å²) in [5.74, 6) is 0. The first-order valence-corrected chi connectivity index (χ1v) is 6.83. The molecule has 1 fully saturated rings. The third-order valence-electron chi connectivity index (χ3n) is 3.84. The van der Waals surface area contributed by atoms with Gasteiger partial charge in [0, 0.05) is 19.2 Å². The molecule has 2 rings (SSSR count). The molecule has 1 aromatic carbocycles. The minimum atomic E-state index is -0.582. The maximum absolute atomic E-state index is 10.7. The van der Waals surface area contributed by atoms with Gasteiger partial charge in [0.1, 0.15) is 5.69 Å². The number of nitrogen functional groups attached to an aromatic ring is 1. The second kappa shape index (κ2) is 5.76. The molecule has 1 aromatic rings. The molecule has 0 radical (unpaired) electrons. The van der Waals surface area contributed by atoms with Crippen molar-refractivity contribution in [2.45, 2.75) is 37.8 Å². The number of rotatable bonds is 5. The molecule has 0 atom stereocenters. The SMILES string of the molecule is CN(Cc1ccc([N+](=O)[O-])c(N)c1)CC1(O)CCCC1. The fraction of sp³-hybridized carbons (Fsp3) is 0.571. The van der Waals surface area contributed by atoms with E-state index >= 15 is 0 Å². The number of hydrogen-bond donors (Lipinski definition) is 2. The summed E-state index contributed by atoms with van der Waals surface area (Å²) >= 11 is 0. The van der Waals surface area contributed by atoms with E-state index in [4.69, 9.17) is 5.73 Å². The molecule has 0 heterocycles. The number of nitro benzene ring substituents is 1. The number of anilines is 1. The van der Waals surface area contributed by atoms with E-state index in [1.807, 2.05) is 11.9 Å². The molecule has 0 spiro atoms. The Morgan fingerprint density at radius 1 is 1.45 bits per heavy atom. The van der Waals surface area contributed by atoms with E-state index in [-0.39, 0.29) is 11.4 Å². The summed E-state index contributed by atoms with van der Waals surface area (Å²) in [7, 11) is 1.94. The highest BCUT2D eigenvalue weighted by Gasteiger charge is 2.32. The van der Waals surface area contributed by atoms with Crippen LogP contribution in [0.15, 0.2) is 18.2 Å². The van der Waals surface area contributed by atoms with Gasteiger partial charge in [0.2, 0.25) is 0 Å². The van der Waals surface area contributed by atoms with Gasteiger partial charge in [-0.15, -0.1) is 0 Å². The Labute approximate surface area is 118 Å². The predicted molar refractivity (Wildman–Crippen MR) is 77.3 cm³/mol. The molecule has 0 amide bonds. The summed E-state index contributed by atoms with van der Waals surface area (Å²) in [6, 6.07) is 4.78. The molecule has 0 bridgehead atoms. The van der Waals surface area contributed by atoms with Gasteiger partial charge in [-0.3, -0.25) is 15.0 Å². The van der Waals surface area contributed by atoms with Crippen molar-refractivity contribution in [3.8, 4) is 0 Å². The molecule has 1 aliphatic rings. The van der Waals surface area contributed by atoms with Crippen molar-refractivity contribution in [2.24, 2.45) is 0 Å². The number of hydrogen-bond acceptors (Lipinski definition) is 5. The Hall–Kier alpha value is -1.66. The summed E-state index contributed by atoms with van der Waals surface area (Å²) in [6.07, 6.45) is 3.85. The molecule has 0 aromatic heterocycles. The van der Waals surface area contributed by atoms with E-state index in [0.717, 1.165) is 31.2 Å². The van der Waals surface area contributed by atoms with Crippen molar-refractivity contribution in [1.29, 1.82) is 0 Å². The Morgan fingerprint density at radius 2 is 2.10 bits per heavy atom. The standard InChI is InChI=1S/C14H21N3O3/c1-16(10-14(18)6-2-3-7-14)9-11-4-5-13(17(19)20)12(15)8-11/h4-5,8,18H,2-3,6-7,9-10,15H2,1H3. The maximum Gasteiger partial charge on any atom is 0.292 e. The van der Waals surface area contributed by atoms with Crippen LogP contribution < -0.4 is 5.73 Å². The summed E-state index contributed by atoms with van der Waals surface area (Å²) < 4.78 is 0. The van der Waals surface area contributed by atoms with Gasteiger partial charge in [0.25, 0.3) is 5.69 Å². The molecule has 20 heavy (non-hydrogen) atoms. The zero-order valence-corrected chi connectivity index (χ0v) is 11.7. The van der Waals surface area contributed by atoms with E-state index in [0.29, 0.717) is 13.1 Å². The van der Waals surface area contributed by atoms with Crippen molar-refractivity contribution in [1.82, 2.24) is 4.90 Å². The van der Waals surface area contributed by atoms with E-state index in [1.165, 1.54) is 6.07 Å². The third kappa shape index (κ3) is 3.46. The van der Waals surface area contributed by atoms with Crippen LogP contribution in [0, 0.1) is 10.1 Å². The third-order valence-corrected chi connectivity index (χ3v) is 3.84. The normalized spacial score (nSPS) is 17.6. The van der Waals surface area contributed by atoms with E-state index in [2.05, 4.69) is 0 Å². The lowest BCUT2D eigenvalue weighted by atomic mass is 10.0. The van der Waals surface area contributed by atoms with Gasteiger partial charge < -0.3 is 10.8 Å². The smallest absolute Gasteiger partial charge is 0.292 e. The number of nitrogens with two attached hydrogens (primary N) is 1. The van der Waals surface area contributed by atoms with E-state index in [1.54, 1.807) is 12.1 Å². The van der Waals surface area contributed by atoms with Crippen molar-refractivity contribution in [2.75, 3.05) is 19.3 Å². The number of nitrogens with zero attached hydrogens (tertiary/aromatic N) is 2. The van der Waals surface area contributed by atoms with Crippen LogP contribution in [0.2, 0.25) is 0 Å². The summed E-state index contributed by atoms with van der Waals surface area (Å²) in [4.78, 5) is 12.3. The van der Waals surface area contributed by atoms with Gasteiger partial charge in [-0.2, -0.15) is 0 Å². The Bertz CT molecular complexity index is 498. The Balaban J connectivity index is 1.99. The fourth-order valence-corrected chi connectivity index (χ4v) is 2.93. The highest BCUT2D eigenvalue weighted by molar-refractivity contribution is 5.59. The largest absolute Gasteiger partial charge is 0.393 e. The second-order valence-electron chi connectivity index (χ2n) is 5.75. The summed E-state index contributed by atoms with van der Waals surface area (Å²) in [6.45, 7) is 1.23. The van der Waals surface area contributed by atoms with Crippen LogP contribution in [-0.2, 0) is 6.54 Å². The molecular weight excluding hydrogens is 258 g/mol. The summed E-state index contributed by atoms with van der Waals surface area (Å²) in [5.41, 5.74) is 6.13. The maximum atomic E-state index is 10.7. The number of aliphatic hydroxyl groups is 1.